The van der Waals surface area contributed by atoms with Gasteiger partial charge in [0, 0.05) is 24.2 Å². The van der Waals surface area contributed by atoms with Gasteiger partial charge in [-0.1, -0.05) is 19.3 Å². The highest BCUT2D eigenvalue weighted by molar-refractivity contribution is 7.89. The van der Waals surface area contributed by atoms with Crippen molar-refractivity contribution in [1.29, 1.82) is 0 Å². The highest BCUT2D eigenvalue weighted by atomic mass is 32.2. The summed E-state index contributed by atoms with van der Waals surface area (Å²) in [5.74, 6) is -1.33. The molecule has 5 rings (SSSR count). The van der Waals surface area contributed by atoms with E-state index in [1.807, 2.05) is 41.5 Å². The molecule has 9 heteroatoms. The number of fused-ring (bicyclic) bond motifs is 2. The molecule has 0 radical (unpaired) electrons. The fourth-order valence-corrected chi connectivity index (χ4v) is 9.18. The number of sulfonamides is 1. The zero-order valence-electron chi connectivity index (χ0n) is 25.7. The number of ether oxygens (including phenoxy) is 2. The summed E-state index contributed by atoms with van der Waals surface area (Å²) >= 11 is 0. The summed E-state index contributed by atoms with van der Waals surface area (Å²) < 4.78 is 56.6. The van der Waals surface area contributed by atoms with Crippen molar-refractivity contribution >= 4 is 16.0 Å². The summed E-state index contributed by atoms with van der Waals surface area (Å²) in [4.78, 5) is 12.8. The quantitative estimate of drug-likeness (QED) is 0.396. The summed E-state index contributed by atoms with van der Waals surface area (Å²) in [6.45, 7) is 12.2. The summed E-state index contributed by atoms with van der Waals surface area (Å²) in [5.41, 5.74) is 6.00. The second kappa shape index (κ2) is 11.5. The summed E-state index contributed by atoms with van der Waals surface area (Å²) in [7, 11) is -3.49. The fourth-order valence-electron chi connectivity index (χ4n) is 7.17. The third kappa shape index (κ3) is 5.60. The normalized spacial score (nSPS) is 19.1. The first-order chi connectivity index (χ1) is 19.7. The highest BCUT2D eigenvalue weighted by Crippen LogP contribution is 2.46. The van der Waals surface area contributed by atoms with Crippen LogP contribution >= 0.6 is 0 Å². The molecule has 0 saturated heterocycles. The molecule has 0 amide bonds. The van der Waals surface area contributed by atoms with Crippen LogP contribution in [0.5, 0.6) is 5.75 Å². The van der Waals surface area contributed by atoms with E-state index in [9.17, 15) is 18.3 Å². The van der Waals surface area contributed by atoms with Gasteiger partial charge in [-0.2, -0.15) is 4.31 Å². The molecule has 1 unspecified atom stereocenters. The molecule has 7 nitrogen and oxygen atoms in total. The van der Waals surface area contributed by atoms with Crippen LogP contribution in [0.15, 0.2) is 6.07 Å². The van der Waals surface area contributed by atoms with E-state index in [2.05, 4.69) is 0 Å². The highest BCUT2D eigenvalue weighted by Gasteiger charge is 2.39. The molecule has 230 valence electrons. The summed E-state index contributed by atoms with van der Waals surface area (Å²) in [5, 5.41) is 10.1. The first-order valence-corrected chi connectivity index (χ1v) is 16.7. The van der Waals surface area contributed by atoms with E-state index in [0.29, 0.717) is 55.5 Å². The van der Waals surface area contributed by atoms with Crippen LogP contribution in [0.1, 0.15) is 104 Å². The molecule has 1 N–H and O–H groups in total. The summed E-state index contributed by atoms with van der Waals surface area (Å²) in [6, 6.07) is 1.45. The Balaban J connectivity index is 1.74. The Hall–Kier alpha value is -2.49. The number of rotatable bonds is 6. The Morgan fingerprint density at radius 1 is 1.02 bits per heavy atom. The van der Waals surface area contributed by atoms with Crippen molar-refractivity contribution in [2.24, 2.45) is 0 Å². The zero-order chi connectivity index (χ0) is 30.6. The minimum absolute atomic E-state index is 0.224. The van der Waals surface area contributed by atoms with E-state index >= 15 is 4.39 Å². The van der Waals surface area contributed by atoms with Crippen molar-refractivity contribution in [3.05, 3.63) is 50.8 Å². The van der Waals surface area contributed by atoms with Crippen molar-refractivity contribution < 1.29 is 32.2 Å². The molecule has 0 spiro atoms. The van der Waals surface area contributed by atoms with Gasteiger partial charge >= 0.3 is 5.97 Å². The minimum atomic E-state index is -3.49. The lowest BCUT2D eigenvalue weighted by molar-refractivity contribution is -0.160. The number of aliphatic carboxylic acids is 1. The average molecular weight is 602 g/mol. The Morgan fingerprint density at radius 2 is 1.71 bits per heavy atom. The van der Waals surface area contributed by atoms with Crippen molar-refractivity contribution in [2.75, 3.05) is 13.2 Å². The number of halogens is 1. The molecule has 2 aromatic rings. The monoisotopic (exact) mass is 601 g/mol. The molecule has 2 aromatic carbocycles. The maximum atomic E-state index is 15.6. The van der Waals surface area contributed by atoms with Gasteiger partial charge in [-0.3, -0.25) is 0 Å². The number of benzene rings is 2. The van der Waals surface area contributed by atoms with Gasteiger partial charge in [-0.25, -0.2) is 17.6 Å². The molecular formula is C33H44FNO6S. The maximum Gasteiger partial charge on any atom is 0.337 e. The van der Waals surface area contributed by atoms with Crippen LogP contribution in [-0.4, -0.2) is 47.8 Å². The van der Waals surface area contributed by atoms with Gasteiger partial charge in [-0.05, 0) is 119 Å². The molecule has 0 aromatic heterocycles. The molecule has 1 atom stereocenters. The van der Waals surface area contributed by atoms with Crippen LogP contribution in [0.3, 0.4) is 0 Å². The van der Waals surface area contributed by atoms with E-state index in [0.717, 1.165) is 59.1 Å². The van der Waals surface area contributed by atoms with Gasteiger partial charge < -0.3 is 14.6 Å². The molecule has 1 fully saturated rings. The molecule has 1 aliphatic carbocycles. The predicted molar refractivity (Wildman–Crippen MR) is 161 cm³/mol. The lowest BCUT2D eigenvalue weighted by Gasteiger charge is -2.37. The van der Waals surface area contributed by atoms with Crippen molar-refractivity contribution in [3.63, 3.8) is 0 Å². The van der Waals surface area contributed by atoms with Gasteiger partial charge in [0.05, 0.1) is 17.5 Å². The van der Waals surface area contributed by atoms with E-state index in [1.54, 1.807) is 4.31 Å². The smallest absolute Gasteiger partial charge is 0.337 e. The molecular weight excluding hydrogens is 557 g/mol. The Labute approximate surface area is 249 Å². The predicted octanol–water partition coefficient (Wildman–Crippen LogP) is 6.70. The third-order valence-corrected chi connectivity index (χ3v) is 11.6. The maximum absolute atomic E-state index is 15.6. The summed E-state index contributed by atoms with van der Waals surface area (Å²) in [6.07, 6.45) is 4.93. The number of carbonyl (C=O) groups is 1. The lowest BCUT2D eigenvalue weighted by atomic mass is 9.78. The molecule has 0 bridgehead atoms. The second-order valence-corrected chi connectivity index (χ2v) is 15.3. The van der Waals surface area contributed by atoms with E-state index < -0.39 is 33.5 Å². The number of carboxylic acids is 1. The molecule has 42 heavy (non-hydrogen) atoms. The van der Waals surface area contributed by atoms with Crippen LogP contribution in [0.2, 0.25) is 0 Å². The van der Waals surface area contributed by atoms with Crippen LogP contribution in [-0.2, 0) is 38.9 Å². The second-order valence-electron chi connectivity index (χ2n) is 13.1. The van der Waals surface area contributed by atoms with Crippen LogP contribution in [0.25, 0.3) is 11.1 Å². The first-order valence-electron chi connectivity index (χ1n) is 15.2. The molecule has 2 aliphatic heterocycles. The Kier molecular flexibility index (Phi) is 8.51. The number of carboxylic acid groups (broad SMARTS) is 1. The van der Waals surface area contributed by atoms with Crippen molar-refractivity contribution in [2.45, 2.75) is 116 Å². The topological polar surface area (TPSA) is 93.1 Å². The minimum Gasteiger partial charge on any atom is -0.490 e. The average Bonchev–Trinajstić information content (AvgIpc) is 2.95. The first kappa shape index (κ1) is 31.0. The molecule has 3 aliphatic rings. The Morgan fingerprint density at radius 3 is 2.36 bits per heavy atom. The van der Waals surface area contributed by atoms with Crippen molar-refractivity contribution in [1.82, 2.24) is 4.31 Å². The zero-order valence-corrected chi connectivity index (χ0v) is 26.5. The standard InChI is InChI=1S/C33H44FNO6S/c1-19-24-13-10-16-40-30(24)27(34)17-25(19)28-21(3)26-18-35(42(38,39)22-11-8-7-9-12-22)15-14-23(26)20(2)29(28)31(32(36)37)41-33(4,5)6/h17,22,31H,7-16,18H2,1-6H3,(H,36,37). The number of hydrogen-bond donors (Lipinski definition) is 1. The van der Waals surface area contributed by atoms with Crippen LogP contribution in [0, 0.1) is 26.6 Å². The molecule has 1 saturated carbocycles. The van der Waals surface area contributed by atoms with E-state index in [4.69, 9.17) is 9.47 Å². The third-order valence-electron chi connectivity index (χ3n) is 9.26. The Bertz CT molecular complexity index is 1500. The molecule has 2 heterocycles. The van der Waals surface area contributed by atoms with Gasteiger partial charge in [0.2, 0.25) is 10.0 Å². The van der Waals surface area contributed by atoms with Gasteiger partial charge in [0.25, 0.3) is 0 Å². The SMILES string of the molecule is Cc1c(-c2c(C)c3c(c(C)c2C(OC(C)(C)C)C(=O)O)CCN(S(=O)(=O)C2CCCCC2)C3)cc(F)c2c1CCCO2. The lowest BCUT2D eigenvalue weighted by Crippen LogP contribution is -2.43. The van der Waals surface area contributed by atoms with E-state index in [-0.39, 0.29) is 17.5 Å². The number of nitrogens with zero attached hydrogens (tertiary/aromatic N) is 1. The van der Waals surface area contributed by atoms with E-state index in [1.165, 1.54) is 6.07 Å². The largest absolute Gasteiger partial charge is 0.490 e. The van der Waals surface area contributed by atoms with Gasteiger partial charge in [-0.15, -0.1) is 0 Å². The van der Waals surface area contributed by atoms with Crippen LogP contribution in [0.4, 0.5) is 4.39 Å². The van der Waals surface area contributed by atoms with Gasteiger partial charge in [0.15, 0.2) is 17.7 Å². The van der Waals surface area contributed by atoms with Gasteiger partial charge in [0.1, 0.15) is 0 Å². The van der Waals surface area contributed by atoms with Crippen molar-refractivity contribution in [3.8, 4) is 16.9 Å². The fraction of sp³-hybridized carbons (Fsp3) is 0.606. The van der Waals surface area contributed by atoms with Crippen LogP contribution < -0.4 is 4.74 Å². The number of hydrogen-bond acceptors (Lipinski definition) is 5.